The van der Waals surface area contributed by atoms with E-state index in [1.807, 2.05) is 0 Å². The Labute approximate surface area is 335 Å². The lowest BCUT2D eigenvalue weighted by Crippen LogP contribution is -2.55. The van der Waals surface area contributed by atoms with Gasteiger partial charge in [0.1, 0.15) is 0 Å². The fraction of sp³-hybridized carbons (Fsp3) is 1.00. The molecule has 6 atom stereocenters. The zero-order chi connectivity index (χ0) is 39.5. The van der Waals surface area contributed by atoms with E-state index in [4.69, 9.17) is 11.5 Å². The maximum Gasteiger partial charge on any atom is 0.0221 e. The molecule has 324 valence electrons. The quantitative estimate of drug-likeness (QED) is 0.0437. The maximum atomic E-state index is 5.44. The first-order chi connectivity index (χ1) is 26.5. The van der Waals surface area contributed by atoms with Crippen LogP contribution >= 0.6 is 0 Å². The summed E-state index contributed by atoms with van der Waals surface area (Å²) < 4.78 is 0. The van der Waals surface area contributed by atoms with E-state index in [-0.39, 0.29) is 0 Å². The van der Waals surface area contributed by atoms with E-state index >= 15 is 0 Å². The smallest absolute Gasteiger partial charge is 0.0221 e. The van der Waals surface area contributed by atoms with Gasteiger partial charge in [-0.1, -0.05) is 41.5 Å². The first-order valence-corrected chi connectivity index (χ1v) is 23.2. The van der Waals surface area contributed by atoms with Gasteiger partial charge in [-0.3, -0.25) is 0 Å². The van der Waals surface area contributed by atoms with Crippen LogP contribution in [-0.4, -0.2) is 164 Å². The Balaban J connectivity index is 0.000000415. The van der Waals surface area contributed by atoms with Crippen molar-refractivity contribution in [3.63, 3.8) is 0 Å². The van der Waals surface area contributed by atoms with E-state index in [2.05, 4.69) is 93.9 Å². The van der Waals surface area contributed by atoms with E-state index in [1.54, 1.807) is 0 Å². The number of nitrogens with one attached hydrogen (secondary N) is 8. The third-order valence-corrected chi connectivity index (χ3v) is 11.7. The van der Waals surface area contributed by atoms with Gasteiger partial charge in [0.15, 0.2) is 0 Å². The first kappa shape index (κ1) is 51.5. The minimum atomic E-state index is 0.666. The van der Waals surface area contributed by atoms with Gasteiger partial charge in [-0.05, 0) is 195 Å². The Kier molecular flexibility index (Phi) is 35.2. The zero-order valence-electron chi connectivity index (χ0n) is 36.7. The summed E-state index contributed by atoms with van der Waals surface area (Å²) in [5.74, 6) is 0. The Hall–Kier alpha value is -0.480. The Morgan fingerprint density at radius 2 is 0.630 bits per heavy atom. The molecule has 0 saturated heterocycles. The van der Waals surface area contributed by atoms with E-state index in [9.17, 15) is 0 Å². The average molecular weight is 769 g/mol. The number of hydrogen-bond donors (Lipinski definition) is 10. The molecule has 0 amide bonds. The van der Waals surface area contributed by atoms with Crippen molar-refractivity contribution in [2.75, 3.05) is 118 Å². The molecule has 0 radical (unpaired) electrons. The summed E-state index contributed by atoms with van der Waals surface area (Å²) >= 11 is 0. The lowest BCUT2D eigenvalue weighted by atomic mass is 9.86. The minimum absolute atomic E-state index is 0.666. The molecule has 3 saturated carbocycles. The van der Waals surface area contributed by atoms with Gasteiger partial charge in [0.25, 0.3) is 0 Å². The molecule has 3 fully saturated rings. The Bertz CT molecular complexity index is 710. The summed E-state index contributed by atoms with van der Waals surface area (Å²) in [7, 11) is 0. The molecule has 0 aromatic heterocycles. The summed E-state index contributed by atoms with van der Waals surface area (Å²) in [6.07, 6.45) is 15.1. The van der Waals surface area contributed by atoms with Crippen molar-refractivity contribution in [3.8, 4) is 0 Å². The van der Waals surface area contributed by atoms with Crippen molar-refractivity contribution in [2.45, 2.75) is 155 Å². The predicted molar refractivity (Wildman–Crippen MR) is 237 cm³/mol. The van der Waals surface area contributed by atoms with Crippen LogP contribution < -0.4 is 54.0 Å². The van der Waals surface area contributed by atoms with Gasteiger partial charge in [-0.2, -0.15) is 0 Å². The summed E-state index contributed by atoms with van der Waals surface area (Å²) in [4.78, 5) is 5.01. The predicted octanol–water partition coefficient (Wildman–Crippen LogP) is 2.25. The van der Waals surface area contributed by atoms with Crippen molar-refractivity contribution in [1.82, 2.24) is 52.3 Å². The fourth-order valence-electron chi connectivity index (χ4n) is 7.36. The third kappa shape index (κ3) is 25.0. The van der Waals surface area contributed by atoms with E-state index in [0.717, 1.165) is 78.3 Å². The standard InChI is InChI=1S/C18H40N4.C14H32N4.C10H24N4/c1-5-21(6-2)15-9-13-19-17-11-12-18(17)20-14-10-16-22(7-3)8-4;1-3-15-9-5-11-17-13-7-8-14(13)18-12-6-10-16-4-2;11-5-1-7-13-9-3-4-10(9)14-8-2-6-12/h17-20H,5-16H2,1-4H3;13-18H,3-12H2,1-2H3;9-10,13-14H,1-8,11-12H2. The van der Waals surface area contributed by atoms with Crippen molar-refractivity contribution in [1.29, 1.82) is 0 Å². The monoisotopic (exact) mass is 769 g/mol. The van der Waals surface area contributed by atoms with Crippen LogP contribution in [0.4, 0.5) is 0 Å². The number of nitrogens with zero attached hydrogens (tertiary/aromatic N) is 2. The summed E-state index contributed by atoms with van der Waals surface area (Å²) in [6.45, 7) is 33.2. The topological polar surface area (TPSA) is 155 Å². The molecule has 0 aliphatic heterocycles. The van der Waals surface area contributed by atoms with Crippen LogP contribution in [0.3, 0.4) is 0 Å². The van der Waals surface area contributed by atoms with Crippen LogP contribution in [0.2, 0.25) is 0 Å². The molecule has 0 aromatic carbocycles. The van der Waals surface area contributed by atoms with Gasteiger partial charge in [-0.25, -0.2) is 0 Å². The van der Waals surface area contributed by atoms with Crippen molar-refractivity contribution in [3.05, 3.63) is 0 Å². The minimum Gasteiger partial charge on any atom is -0.330 e. The molecule has 0 spiro atoms. The molecule has 12 N–H and O–H groups in total. The molecule has 54 heavy (non-hydrogen) atoms. The molecule has 12 heteroatoms. The average Bonchev–Trinajstić information content (AvgIpc) is 3.16. The van der Waals surface area contributed by atoms with Crippen LogP contribution in [0.1, 0.15) is 119 Å². The third-order valence-electron chi connectivity index (χ3n) is 11.7. The van der Waals surface area contributed by atoms with E-state index in [0.29, 0.717) is 36.3 Å². The largest absolute Gasteiger partial charge is 0.330 e. The molecule has 3 aliphatic carbocycles. The highest BCUT2D eigenvalue weighted by Gasteiger charge is 2.30. The second-order valence-electron chi connectivity index (χ2n) is 15.6. The first-order valence-electron chi connectivity index (χ1n) is 23.2. The SMILES string of the molecule is CCN(CC)CCCNC1CCC1NCCCN(CC)CC.CCNCCCNC1CCC1NCCCNCC.NCCCNC1CCC1NCCCN. The van der Waals surface area contributed by atoms with Gasteiger partial charge in [-0.15, -0.1) is 0 Å². The number of nitrogens with two attached hydrogens (primary N) is 2. The lowest BCUT2D eigenvalue weighted by Gasteiger charge is -2.38. The zero-order valence-corrected chi connectivity index (χ0v) is 36.7. The second kappa shape index (κ2) is 36.8. The molecule has 3 rings (SSSR count). The number of hydrogen-bond acceptors (Lipinski definition) is 12. The Morgan fingerprint density at radius 1 is 0.370 bits per heavy atom. The molecular weight excluding hydrogens is 673 g/mol. The van der Waals surface area contributed by atoms with Gasteiger partial charge in [0.05, 0.1) is 0 Å². The number of rotatable bonds is 34. The van der Waals surface area contributed by atoms with Gasteiger partial charge in [0, 0.05) is 36.3 Å². The van der Waals surface area contributed by atoms with E-state index in [1.165, 1.54) is 117 Å². The van der Waals surface area contributed by atoms with Crippen molar-refractivity contribution < 1.29 is 0 Å². The van der Waals surface area contributed by atoms with Gasteiger partial charge in [0.2, 0.25) is 0 Å². The fourth-order valence-corrected chi connectivity index (χ4v) is 7.36. The highest BCUT2D eigenvalue weighted by Crippen LogP contribution is 2.21. The lowest BCUT2D eigenvalue weighted by molar-refractivity contribution is 0.225. The van der Waals surface area contributed by atoms with Crippen LogP contribution in [0, 0.1) is 0 Å². The summed E-state index contributed by atoms with van der Waals surface area (Å²) in [5.41, 5.74) is 10.9. The highest BCUT2D eigenvalue weighted by atomic mass is 15.1. The van der Waals surface area contributed by atoms with Crippen LogP contribution in [0.25, 0.3) is 0 Å². The van der Waals surface area contributed by atoms with Crippen molar-refractivity contribution in [2.24, 2.45) is 11.5 Å². The summed E-state index contributed by atoms with van der Waals surface area (Å²) in [5, 5.41) is 28.6. The molecule has 3 aliphatic rings. The molecular formula is C42H96N12. The molecule has 6 unspecified atom stereocenters. The molecule has 0 bridgehead atoms. The normalized spacial score (nSPS) is 23.2. The van der Waals surface area contributed by atoms with Gasteiger partial charge < -0.3 is 63.8 Å². The van der Waals surface area contributed by atoms with E-state index < -0.39 is 0 Å². The molecule has 12 nitrogen and oxygen atoms in total. The van der Waals surface area contributed by atoms with Crippen LogP contribution in [-0.2, 0) is 0 Å². The Morgan fingerprint density at radius 3 is 0.852 bits per heavy atom. The van der Waals surface area contributed by atoms with Crippen LogP contribution in [0.5, 0.6) is 0 Å². The maximum absolute atomic E-state index is 5.44. The summed E-state index contributed by atoms with van der Waals surface area (Å²) in [6, 6.07) is 4.19. The molecule has 0 aromatic rings. The van der Waals surface area contributed by atoms with Crippen LogP contribution in [0.15, 0.2) is 0 Å². The molecule has 0 heterocycles. The highest BCUT2D eigenvalue weighted by molar-refractivity contribution is 4.94. The van der Waals surface area contributed by atoms with Crippen molar-refractivity contribution >= 4 is 0 Å². The second-order valence-corrected chi connectivity index (χ2v) is 15.6. The van der Waals surface area contributed by atoms with Gasteiger partial charge >= 0.3 is 0 Å².